The van der Waals surface area contributed by atoms with Gasteiger partial charge in [0.1, 0.15) is 0 Å². The lowest BCUT2D eigenvalue weighted by Crippen LogP contribution is -2.32. The van der Waals surface area contributed by atoms with Crippen LogP contribution in [0.25, 0.3) is 0 Å². The predicted octanol–water partition coefficient (Wildman–Crippen LogP) is -0.623. The number of amides is 2. The van der Waals surface area contributed by atoms with Crippen molar-refractivity contribution in [2.45, 2.75) is 13.0 Å². The summed E-state index contributed by atoms with van der Waals surface area (Å²) < 4.78 is 4.18. The van der Waals surface area contributed by atoms with Crippen molar-refractivity contribution in [1.29, 1.82) is 0 Å². The lowest BCUT2D eigenvalue weighted by atomic mass is 10.4. The molecule has 0 heterocycles. The third kappa shape index (κ3) is 5.17. The third-order valence-corrected chi connectivity index (χ3v) is 0.694. The number of hydrogen-bond acceptors (Lipinski definition) is 3. The first-order valence-corrected chi connectivity index (χ1v) is 2.29. The van der Waals surface area contributed by atoms with Crippen molar-refractivity contribution in [3.05, 3.63) is 0 Å². The predicted molar refractivity (Wildman–Crippen MR) is 36.6 cm³/mol. The van der Waals surface area contributed by atoms with Crippen molar-refractivity contribution in [1.82, 2.24) is 0 Å². The molecular weight excluding hydrogens is 160 g/mol. The van der Waals surface area contributed by atoms with Gasteiger partial charge in [-0.15, -0.1) is 12.4 Å². The van der Waals surface area contributed by atoms with Crippen LogP contribution in [0.15, 0.2) is 0 Å². The van der Waals surface area contributed by atoms with E-state index in [2.05, 4.69) is 10.5 Å². The van der Waals surface area contributed by atoms with Crippen LogP contribution in [0.5, 0.6) is 0 Å². The summed E-state index contributed by atoms with van der Waals surface area (Å²) in [6.07, 6.45) is -1.94. The summed E-state index contributed by atoms with van der Waals surface area (Å²) in [4.78, 5) is 20.0. The summed E-state index contributed by atoms with van der Waals surface area (Å²) in [5.41, 5.74) is 9.27. The fraction of sp³-hybridized carbons (Fsp3) is 0.500. The standard InChI is InChI=1S/C4H8N2O3.ClH/c1-2(3(5)7)9-4(6)8;/h2H,1H3,(H2,5,7)(H2,6,8);1H. The molecule has 0 aromatic rings. The zero-order valence-electron chi connectivity index (χ0n) is 5.37. The van der Waals surface area contributed by atoms with Gasteiger partial charge in [-0.05, 0) is 6.92 Å². The summed E-state index contributed by atoms with van der Waals surface area (Å²) in [6.45, 7) is 1.34. The highest BCUT2D eigenvalue weighted by atomic mass is 35.5. The van der Waals surface area contributed by atoms with Crippen molar-refractivity contribution in [3.8, 4) is 0 Å². The molecule has 0 aliphatic rings. The van der Waals surface area contributed by atoms with Gasteiger partial charge in [-0.2, -0.15) is 0 Å². The number of halogens is 1. The number of ether oxygens (including phenoxy) is 1. The molecule has 0 radical (unpaired) electrons. The Bertz CT molecular complexity index is 138. The topological polar surface area (TPSA) is 95.4 Å². The van der Waals surface area contributed by atoms with E-state index in [1.165, 1.54) is 6.92 Å². The molecule has 5 nitrogen and oxygen atoms in total. The van der Waals surface area contributed by atoms with E-state index in [4.69, 9.17) is 5.73 Å². The molecule has 0 aromatic heterocycles. The fourth-order valence-electron chi connectivity index (χ4n) is 0.232. The average molecular weight is 169 g/mol. The van der Waals surface area contributed by atoms with Gasteiger partial charge in [-0.25, -0.2) is 4.79 Å². The molecule has 0 fully saturated rings. The average Bonchev–Trinajstić information content (AvgIpc) is 1.63. The molecule has 0 spiro atoms. The van der Waals surface area contributed by atoms with Crippen LogP contribution in [0.4, 0.5) is 4.79 Å². The molecule has 1 unspecified atom stereocenters. The summed E-state index contributed by atoms with van der Waals surface area (Å²) in [5.74, 6) is -0.714. The van der Waals surface area contributed by atoms with Gasteiger partial charge in [-0.3, -0.25) is 4.79 Å². The van der Waals surface area contributed by atoms with E-state index in [-0.39, 0.29) is 12.4 Å². The Morgan fingerprint density at radius 2 is 1.80 bits per heavy atom. The highest BCUT2D eigenvalue weighted by molar-refractivity contribution is 5.85. The van der Waals surface area contributed by atoms with E-state index < -0.39 is 18.1 Å². The van der Waals surface area contributed by atoms with Gasteiger partial charge >= 0.3 is 6.09 Å². The molecule has 10 heavy (non-hydrogen) atoms. The van der Waals surface area contributed by atoms with Gasteiger partial charge in [0, 0.05) is 0 Å². The van der Waals surface area contributed by atoms with Crippen LogP contribution in [0.3, 0.4) is 0 Å². The van der Waals surface area contributed by atoms with Crippen LogP contribution < -0.4 is 11.5 Å². The lowest BCUT2D eigenvalue weighted by Gasteiger charge is -2.04. The van der Waals surface area contributed by atoms with Crippen LogP contribution in [0.2, 0.25) is 0 Å². The maximum Gasteiger partial charge on any atom is 0.405 e. The van der Waals surface area contributed by atoms with Gasteiger partial charge in [0.15, 0.2) is 6.10 Å². The molecule has 0 aliphatic carbocycles. The second-order valence-electron chi connectivity index (χ2n) is 1.48. The van der Waals surface area contributed by atoms with Gasteiger partial charge in [0.05, 0.1) is 0 Å². The van der Waals surface area contributed by atoms with Gasteiger partial charge < -0.3 is 16.2 Å². The molecule has 0 aliphatic heterocycles. The minimum absolute atomic E-state index is 0. The Hall–Kier alpha value is -0.970. The Balaban J connectivity index is 0. The number of nitrogens with two attached hydrogens (primary N) is 2. The minimum Gasteiger partial charge on any atom is -0.437 e. The molecule has 6 heteroatoms. The summed E-state index contributed by atoms with van der Waals surface area (Å²) in [5, 5.41) is 0. The molecule has 60 valence electrons. The highest BCUT2D eigenvalue weighted by Gasteiger charge is 2.10. The van der Waals surface area contributed by atoms with Crippen LogP contribution in [0, 0.1) is 0 Å². The molecule has 0 bridgehead atoms. The minimum atomic E-state index is -0.999. The molecule has 0 aromatic carbocycles. The first kappa shape index (κ1) is 11.8. The number of hydrogen-bond donors (Lipinski definition) is 2. The Labute approximate surface area is 64.1 Å². The van der Waals surface area contributed by atoms with E-state index in [1.807, 2.05) is 0 Å². The molecule has 0 saturated heterocycles. The van der Waals surface area contributed by atoms with E-state index >= 15 is 0 Å². The molecule has 1 atom stereocenters. The Morgan fingerprint density at radius 3 is 1.90 bits per heavy atom. The lowest BCUT2D eigenvalue weighted by molar-refractivity contribution is -0.125. The molecule has 4 N–H and O–H groups in total. The zero-order valence-corrected chi connectivity index (χ0v) is 6.18. The van der Waals surface area contributed by atoms with Crippen molar-refractivity contribution in [3.63, 3.8) is 0 Å². The van der Waals surface area contributed by atoms with Crippen LogP contribution >= 0.6 is 12.4 Å². The third-order valence-electron chi connectivity index (χ3n) is 0.694. The zero-order chi connectivity index (χ0) is 7.44. The SMILES string of the molecule is CC(OC(N)=O)C(N)=O.Cl. The van der Waals surface area contributed by atoms with Crippen molar-refractivity contribution in [2.75, 3.05) is 0 Å². The second-order valence-corrected chi connectivity index (χ2v) is 1.48. The van der Waals surface area contributed by atoms with E-state index in [0.29, 0.717) is 0 Å². The molecular formula is C4H9ClN2O3. The monoisotopic (exact) mass is 168 g/mol. The smallest absolute Gasteiger partial charge is 0.405 e. The largest absolute Gasteiger partial charge is 0.437 e. The number of rotatable bonds is 2. The number of carbonyl (C=O) groups is 2. The number of carbonyl (C=O) groups excluding carboxylic acids is 2. The first-order chi connectivity index (χ1) is 4.04. The maximum atomic E-state index is 10.1. The fourth-order valence-corrected chi connectivity index (χ4v) is 0.232. The van der Waals surface area contributed by atoms with E-state index in [9.17, 15) is 9.59 Å². The second kappa shape index (κ2) is 4.87. The van der Waals surface area contributed by atoms with Crippen LogP contribution in [-0.4, -0.2) is 18.1 Å². The molecule has 2 amide bonds. The molecule has 0 rings (SSSR count). The summed E-state index contributed by atoms with van der Waals surface area (Å²) in [6, 6.07) is 0. The van der Waals surface area contributed by atoms with Gasteiger partial charge in [0.25, 0.3) is 5.91 Å². The van der Waals surface area contributed by atoms with Gasteiger partial charge in [-0.1, -0.05) is 0 Å². The normalized spacial score (nSPS) is 10.9. The number of primary amides is 2. The summed E-state index contributed by atoms with van der Waals surface area (Å²) in [7, 11) is 0. The van der Waals surface area contributed by atoms with E-state index in [1.54, 1.807) is 0 Å². The van der Waals surface area contributed by atoms with E-state index in [0.717, 1.165) is 0 Å². The van der Waals surface area contributed by atoms with Crippen molar-refractivity contribution in [2.24, 2.45) is 11.5 Å². The molecule has 0 saturated carbocycles. The highest BCUT2D eigenvalue weighted by Crippen LogP contribution is 1.86. The quantitative estimate of drug-likeness (QED) is 0.575. The van der Waals surface area contributed by atoms with Crippen molar-refractivity contribution >= 4 is 24.4 Å². The maximum absolute atomic E-state index is 10.1. The van der Waals surface area contributed by atoms with Crippen molar-refractivity contribution < 1.29 is 14.3 Å². The van der Waals surface area contributed by atoms with Crippen LogP contribution in [-0.2, 0) is 9.53 Å². The first-order valence-electron chi connectivity index (χ1n) is 2.29. The Kier molecular flexibility index (Phi) is 5.73. The summed E-state index contributed by atoms with van der Waals surface area (Å²) >= 11 is 0. The van der Waals surface area contributed by atoms with Crippen LogP contribution in [0.1, 0.15) is 6.92 Å². The Morgan fingerprint density at radius 1 is 1.40 bits per heavy atom. The van der Waals surface area contributed by atoms with Gasteiger partial charge in [0.2, 0.25) is 0 Å².